The first-order chi connectivity index (χ1) is 9.54. The quantitative estimate of drug-likeness (QED) is 0.879. The van der Waals surface area contributed by atoms with Crippen molar-refractivity contribution >= 4 is 22.3 Å². The summed E-state index contributed by atoms with van der Waals surface area (Å²) >= 11 is 1.13. The van der Waals surface area contributed by atoms with Gasteiger partial charge in [0.1, 0.15) is 16.3 Å². The fraction of sp³-hybridized carbons (Fsp3) is 0.154. The van der Waals surface area contributed by atoms with Crippen LogP contribution in [-0.4, -0.2) is 19.7 Å². The molecule has 0 atom stereocenters. The maximum absolute atomic E-state index is 12.4. The van der Waals surface area contributed by atoms with Gasteiger partial charge in [-0.05, 0) is 6.07 Å². The number of alkyl halides is 2. The topological polar surface area (TPSA) is 61.5 Å². The summed E-state index contributed by atoms with van der Waals surface area (Å²) in [4.78, 5) is 11.7. The number of benzene rings is 1. The van der Waals surface area contributed by atoms with Crippen molar-refractivity contribution in [2.45, 2.75) is 6.61 Å². The number of rotatable bonds is 4. The fourth-order valence-corrected chi connectivity index (χ4v) is 2.57. The average molecular weight is 299 g/mol. The van der Waals surface area contributed by atoms with E-state index in [1.807, 2.05) is 0 Å². The van der Waals surface area contributed by atoms with Crippen LogP contribution in [0.2, 0.25) is 0 Å². The molecule has 20 heavy (non-hydrogen) atoms. The van der Waals surface area contributed by atoms with Crippen LogP contribution in [-0.2, 0) is 4.74 Å². The van der Waals surface area contributed by atoms with Gasteiger partial charge in [0.25, 0.3) is 0 Å². The number of nitrogen functional groups attached to an aromatic ring is 1. The van der Waals surface area contributed by atoms with Crippen LogP contribution in [0.25, 0.3) is 11.1 Å². The fourth-order valence-electron chi connectivity index (χ4n) is 1.77. The van der Waals surface area contributed by atoms with E-state index in [0.717, 1.165) is 11.3 Å². The van der Waals surface area contributed by atoms with Crippen molar-refractivity contribution in [1.29, 1.82) is 0 Å². The molecule has 0 saturated heterocycles. The Morgan fingerprint density at radius 3 is 2.65 bits per heavy atom. The predicted octanol–water partition coefficient (Wildman–Crippen LogP) is 3.39. The van der Waals surface area contributed by atoms with Crippen molar-refractivity contribution < 1.29 is 23.0 Å². The third-order valence-electron chi connectivity index (χ3n) is 2.60. The molecule has 1 aromatic heterocycles. The first kappa shape index (κ1) is 14.3. The van der Waals surface area contributed by atoms with E-state index in [9.17, 15) is 13.6 Å². The van der Waals surface area contributed by atoms with Crippen LogP contribution in [0.5, 0.6) is 5.75 Å². The highest BCUT2D eigenvalue weighted by Gasteiger charge is 2.22. The normalized spacial score (nSPS) is 10.6. The molecule has 0 spiro atoms. The van der Waals surface area contributed by atoms with Crippen molar-refractivity contribution in [3.05, 3.63) is 35.2 Å². The van der Waals surface area contributed by atoms with Gasteiger partial charge in [-0.3, -0.25) is 0 Å². The van der Waals surface area contributed by atoms with Crippen LogP contribution in [0.3, 0.4) is 0 Å². The van der Waals surface area contributed by atoms with Crippen LogP contribution in [0.4, 0.5) is 13.8 Å². The number of thiophene rings is 1. The van der Waals surface area contributed by atoms with Crippen LogP contribution < -0.4 is 10.5 Å². The number of halogens is 2. The maximum atomic E-state index is 12.4. The predicted molar refractivity (Wildman–Crippen MR) is 72.1 cm³/mol. The van der Waals surface area contributed by atoms with Gasteiger partial charge in [-0.2, -0.15) is 8.78 Å². The molecule has 1 heterocycles. The first-order valence-corrected chi connectivity index (χ1v) is 6.42. The Bertz CT molecular complexity index is 628. The van der Waals surface area contributed by atoms with Crippen LogP contribution in [0.15, 0.2) is 29.6 Å². The Morgan fingerprint density at radius 2 is 2.00 bits per heavy atom. The number of nitrogens with two attached hydrogens (primary N) is 1. The monoisotopic (exact) mass is 299 g/mol. The Labute approximate surface area is 117 Å². The summed E-state index contributed by atoms with van der Waals surface area (Å²) in [7, 11) is 1.23. The van der Waals surface area contributed by atoms with Gasteiger partial charge < -0.3 is 15.2 Å². The number of ether oxygens (including phenoxy) is 2. The molecule has 0 aliphatic heterocycles. The smallest absolute Gasteiger partial charge is 0.387 e. The number of esters is 1. The molecule has 0 unspecified atom stereocenters. The zero-order valence-electron chi connectivity index (χ0n) is 10.4. The molecule has 4 nitrogen and oxygen atoms in total. The number of hydrogen-bond acceptors (Lipinski definition) is 5. The molecule has 0 radical (unpaired) electrons. The molecule has 0 saturated carbocycles. The second-order valence-electron chi connectivity index (χ2n) is 3.75. The minimum absolute atomic E-state index is 0.0227. The molecule has 0 amide bonds. The lowest BCUT2D eigenvalue weighted by Crippen LogP contribution is -2.06. The number of methoxy groups -OCH3 is 1. The zero-order valence-corrected chi connectivity index (χ0v) is 11.2. The van der Waals surface area contributed by atoms with E-state index in [-0.39, 0.29) is 16.3 Å². The molecular weight excluding hydrogens is 288 g/mol. The molecule has 7 heteroatoms. The lowest BCUT2D eigenvalue weighted by Gasteiger charge is -2.11. The van der Waals surface area contributed by atoms with Gasteiger partial charge in [0, 0.05) is 16.5 Å². The van der Waals surface area contributed by atoms with Gasteiger partial charge in [-0.15, -0.1) is 11.3 Å². The van der Waals surface area contributed by atoms with E-state index in [1.54, 1.807) is 23.6 Å². The second kappa shape index (κ2) is 5.87. The van der Waals surface area contributed by atoms with Crippen molar-refractivity contribution in [1.82, 2.24) is 0 Å². The van der Waals surface area contributed by atoms with Gasteiger partial charge in [0.05, 0.1) is 7.11 Å². The maximum Gasteiger partial charge on any atom is 0.387 e. The van der Waals surface area contributed by atoms with Crippen molar-refractivity contribution in [3.8, 4) is 16.9 Å². The van der Waals surface area contributed by atoms with Gasteiger partial charge in [0.15, 0.2) is 0 Å². The number of hydrogen-bond donors (Lipinski definition) is 1. The van der Waals surface area contributed by atoms with E-state index < -0.39 is 12.6 Å². The van der Waals surface area contributed by atoms with E-state index in [1.165, 1.54) is 13.2 Å². The lowest BCUT2D eigenvalue weighted by molar-refractivity contribution is -0.0494. The molecule has 2 aromatic rings. The molecule has 0 fully saturated rings. The number of carbonyl (C=O) groups excluding carboxylic acids is 1. The Balaban J connectivity index is 2.55. The van der Waals surface area contributed by atoms with Crippen molar-refractivity contribution in [2.24, 2.45) is 0 Å². The Morgan fingerprint density at radius 1 is 1.30 bits per heavy atom. The summed E-state index contributed by atoms with van der Waals surface area (Å²) in [6.07, 6.45) is 0. The summed E-state index contributed by atoms with van der Waals surface area (Å²) in [5.41, 5.74) is 6.67. The molecule has 0 aliphatic rings. The number of carbonyl (C=O) groups is 1. The molecule has 1 aromatic carbocycles. The second-order valence-corrected chi connectivity index (χ2v) is 4.67. The van der Waals surface area contributed by atoms with Gasteiger partial charge in [0.2, 0.25) is 0 Å². The van der Waals surface area contributed by atoms with Crippen LogP contribution >= 0.6 is 11.3 Å². The molecular formula is C13H11F2NO3S. The molecule has 0 bridgehead atoms. The summed E-state index contributed by atoms with van der Waals surface area (Å²) < 4.78 is 33.9. The van der Waals surface area contributed by atoms with E-state index >= 15 is 0 Å². The van der Waals surface area contributed by atoms with Crippen LogP contribution in [0.1, 0.15) is 10.4 Å². The summed E-state index contributed by atoms with van der Waals surface area (Å²) in [5.74, 6) is -0.643. The van der Waals surface area contributed by atoms with Gasteiger partial charge in [-0.1, -0.05) is 18.2 Å². The minimum atomic E-state index is -2.95. The SMILES string of the molecule is COC(=O)c1c(-c2ccccc2OC(F)F)csc1N. The minimum Gasteiger partial charge on any atom is -0.465 e. The van der Waals surface area contributed by atoms with Crippen molar-refractivity contribution in [3.63, 3.8) is 0 Å². The summed E-state index contributed by atoms with van der Waals surface area (Å²) in [6.45, 7) is -2.95. The zero-order chi connectivity index (χ0) is 14.7. The standard InChI is InChI=1S/C13H11F2NO3S/c1-18-12(17)10-8(6-20-11(10)16)7-4-2-3-5-9(7)19-13(14)15/h2-6,13H,16H2,1H3. The van der Waals surface area contributed by atoms with Gasteiger partial charge >= 0.3 is 12.6 Å². The molecule has 2 N–H and O–H groups in total. The molecule has 0 aliphatic carbocycles. The third-order valence-corrected chi connectivity index (χ3v) is 3.41. The average Bonchev–Trinajstić information content (AvgIpc) is 2.79. The summed E-state index contributed by atoms with van der Waals surface area (Å²) in [6, 6.07) is 6.19. The highest BCUT2D eigenvalue weighted by molar-refractivity contribution is 7.15. The first-order valence-electron chi connectivity index (χ1n) is 5.54. The Kier molecular flexibility index (Phi) is 4.19. The Hall–Kier alpha value is -2.15. The van der Waals surface area contributed by atoms with Crippen molar-refractivity contribution in [2.75, 3.05) is 12.8 Å². The van der Waals surface area contributed by atoms with E-state index in [4.69, 9.17) is 5.73 Å². The highest BCUT2D eigenvalue weighted by Crippen LogP contribution is 2.39. The lowest BCUT2D eigenvalue weighted by atomic mass is 10.0. The largest absolute Gasteiger partial charge is 0.465 e. The van der Waals surface area contributed by atoms with E-state index in [0.29, 0.717) is 11.1 Å². The van der Waals surface area contributed by atoms with Gasteiger partial charge in [-0.25, -0.2) is 4.79 Å². The van der Waals surface area contributed by atoms with Crippen LogP contribution in [0, 0.1) is 0 Å². The molecule has 106 valence electrons. The third kappa shape index (κ3) is 2.72. The highest BCUT2D eigenvalue weighted by atomic mass is 32.1. The number of para-hydroxylation sites is 1. The number of anilines is 1. The van der Waals surface area contributed by atoms with E-state index in [2.05, 4.69) is 9.47 Å². The summed E-state index contributed by atoms with van der Waals surface area (Å²) in [5, 5.41) is 1.87. The molecule has 2 rings (SSSR count).